The zero-order valence-electron chi connectivity index (χ0n) is 11.4. The molecule has 1 aliphatic rings. The Balaban J connectivity index is 1.91. The molecule has 0 aromatic carbocycles. The first-order valence-corrected chi connectivity index (χ1v) is 7.42. The summed E-state index contributed by atoms with van der Waals surface area (Å²) in [5, 5.41) is 6.40. The maximum atomic E-state index is 12.2. The van der Waals surface area contributed by atoms with Gasteiger partial charge in [-0.25, -0.2) is 0 Å². The highest BCUT2D eigenvalue weighted by molar-refractivity contribution is 7.12. The molecule has 100 valence electrons. The molecule has 4 heteroatoms. The highest BCUT2D eigenvalue weighted by Crippen LogP contribution is 2.22. The third-order valence-electron chi connectivity index (χ3n) is 3.76. The summed E-state index contributed by atoms with van der Waals surface area (Å²) in [7, 11) is 0. The summed E-state index contributed by atoms with van der Waals surface area (Å²) in [6.45, 7) is 7.83. The monoisotopic (exact) mass is 266 g/mol. The Bertz CT molecular complexity index is 414. The average molecular weight is 266 g/mol. The van der Waals surface area contributed by atoms with Gasteiger partial charge in [0, 0.05) is 9.75 Å². The van der Waals surface area contributed by atoms with Crippen molar-refractivity contribution in [1.82, 2.24) is 10.6 Å². The molecular weight excluding hydrogens is 244 g/mol. The number of piperidine rings is 1. The van der Waals surface area contributed by atoms with E-state index in [9.17, 15) is 4.79 Å². The molecule has 0 spiro atoms. The van der Waals surface area contributed by atoms with Crippen LogP contribution >= 0.6 is 11.3 Å². The molecule has 1 aliphatic heterocycles. The van der Waals surface area contributed by atoms with Crippen LogP contribution in [0.15, 0.2) is 6.07 Å². The lowest BCUT2D eigenvalue weighted by molar-refractivity contribution is -0.128. The van der Waals surface area contributed by atoms with E-state index in [-0.39, 0.29) is 11.4 Å². The number of rotatable bonds is 3. The van der Waals surface area contributed by atoms with Crippen molar-refractivity contribution in [3.63, 3.8) is 0 Å². The Kier molecular flexibility index (Phi) is 4.07. The van der Waals surface area contributed by atoms with Crippen LogP contribution in [0.5, 0.6) is 0 Å². The molecule has 0 saturated carbocycles. The second-order valence-electron chi connectivity index (χ2n) is 5.35. The Morgan fingerprint density at radius 1 is 1.50 bits per heavy atom. The molecule has 1 aromatic heterocycles. The summed E-state index contributed by atoms with van der Waals surface area (Å²) < 4.78 is 0. The molecule has 2 rings (SSSR count). The molecule has 18 heavy (non-hydrogen) atoms. The predicted octanol–water partition coefficient (Wildman–Crippen LogP) is 2.51. The topological polar surface area (TPSA) is 41.1 Å². The molecule has 1 amide bonds. The van der Waals surface area contributed by atoms with Gasteiger partial charge in [0.25, 0.3) is 0 Å². The average Bonchev–Trinajstić information content (AvgIpc) is 2.67. The molecule has 0 aliphatic carbocycles. The van der Waals surface area contributed by atoms with Crippen LogP contribution < -0.4 is 10.6 Å². The normalized spacial score (nSPS) is 23.9. The van der Waals surface area contributed by atoms with Gasteiger partial charge in [0.1, 0.15) is 0 Å². The Labute approximate surface area is 113 Å². The summed E-state index contributed by atoms with van der Waals surface area (Å²) in [5.41, 5.74) is 0.936. The maximum absolute atomic E-state index is 12.2. The second-order valence-corrected chi connectivity index (χ2v) is 6.69. The minimum atomic E-state index is -0.375. The smallest absolute Gasteiger partial charge is 0.240 e. The largest absolute Gasteiger partial charge is 0.350 e. The fourth-order valence-electron chi connectivity index (χ4n) is 2.35. The Morgan fingerprint density at radius 2 is 2.28 bits per heavy atom. The van der Waals surface area contributed by atoms with Crippen LogP contribution in [0.3, 0.4) is 0 Å². The molecule has 1 unspecified atom stereocenters. The first-order chi connectivity index (χ1) is 8.51. The Morgan fingerprint density at radius 3 is 2.83 bits per heavy atom. The van der Waals surface area contributed by atoms with Crippen molar-refractivity contribution in [3.05, 3.63) is 21.4 Å². The van der Waals surface area contributed by atoms with Gasteiger partial charge in [0.05, 0.1) is 12.1 Å². The van der Waals surface area contributed by atoms with Crippen LogP contribution in [0.2, 0.25) is 0 Å². The van der Waals surface area contributed by atoms with Gasteiger partial charge in [-0.3, -0.25) is 4.79 Å². The van der Waals surface area contributed by atoms with Gasteiger partial charge in [-0.05, 0) is 58.2 Å². The number of hydrogen-bond acceptors (Lipinski definition) is 3. The summed E-state index contributed by atoms with van der Waals surface area (Å²) in [4.78, 5) is 14.8. The van der Waals surface area contributed by atoms with E-state index in [0.717, 1.165) is 19.4 Å². The van der Waals surface area contributed by atoms with Crippen molar-refractivity contribution < 1.29 is 4.79 Å². The van der Waals surface area contributed by atoms with Gasteiger partial charge in [-0.2, -0.15) is 0 Å². The molecule has 1 atom stereocenters. The fourth-order valence-corrected chi connectivity index (χ4v) is 3.34. The highest BCUT2D eigenvalue weighted by Gasteiger charge is 2.33. The lowest BCUT2D eigenvalue weighted by Crippen LogP contribution is -2.56. The SMILES string of the molecule is Cc1cc(CNC(=O)C2(C)CCCCN2)sc1C. The van der Waals surface area contributed by atoms with Gasteiger partial charge in [0.15, 0.2) is 0 Å². The number of carbonyl (C=O) groups is 1. The van der Waals surface area contributed by atoms with Crippen molar-refractivity contribution in [2.24, 2.45) is 0 Å². The molecule has 1 aromatic rings. The van der Waals surface area contributed by atoms with Crippen molar-refractivity contribution >= 4 is 17.2 Å². The lowest BCUT2D eigenvalue weighted by atomic mass is 9.90. The lowest BCUT2D eigenvalue weighted by Gasteiger charge is -2.33. The van der Waals surface area contributed by atoms with E-state index >= 15 is 0 Å². The number of hydrogen-bond donors (Lipinski definition) is 2. The van der Waals surface area contributed by atoms with E-state index < -0.39 is 0 Å². The zero-order chi connectivity index (χ0) is 13.2. The summed E-state index contributed by atoms with van der Waals surface area (Å²) in [5.74, 6) is 0.130. The first kappa shape index (κ1) is 13.6. The van der Waals surface area contributed by atoms with E-state index in [1.165, 1.54) is 21.7 Å². The first-order valence-electron chi connectivity index (χ1n) is 6.60. The van der Waals surface area contributed by atoms with Gasteiger partial charge >= 0.3 is 0 Å². The molecule has 0 radical (unpaired) electrons. The van der Waals surface area contributed by atoms with Gasteiger partial charge in [0.2, 0.25) is 5.91 Å². The standard InChI is InChI=1S/C14H22N2OS/c1-10-8-12(18-11(10)2)9-15-13(17)14(3)6-4-5-7-16-14/h8,16H,4-7,9H2,1-3H3,(H,15,17). The predicted molar refractivity (Wildman–Crippen MR) is 75.9 cm³/mol. The van der Waals surface area contributed by atoms with Crippen LogP contribution in [-0.4, -0.2) is 18.0 Å². The fraction of sp³-hybridized carbons (Fsp3) is 0.643. The van der Waals surface area contributed by atoms with Gasteiger partial charge in [-0.1, -0.05) is 0 Å². The van der Waals surface area contributed by atoms with Crippen LogP contribution in [0.25, 0.3) is 0 Å². The molecule has 1 saturated heterocycles. The molecule has 1 fully saturated rings. The number of carbonyl (C=O) groups excluding carboxylic acids is 1. The summed E-state index contributed by atoms with van der Waals surface area (Å²) in [6.07, 6.45) is 3.24. The molecular formula is C14H22N2OS. The van der Waals surface area contributed by atoms with Crippen LogP contribution in [-0.2, 0) is 11.3 Å². The van der Waals surface area contributed by atoms with Crippen LogP contribution in [0.1, 0.15) is 41.5 Å². The summed E-state index contributed by atoms with van der Waals surface area (Å²) >= 11 is 1.77. The van der Waals surface area contributed by atoms with E-state index in [4.69, 9.17) is 0 Å². The number of thiophene rings is 1. The van der Waals surface area contributed by atoms with Gasteiger partial charge < -0.3 is 10.6 Å². The third kappa shape index (κ3) is 2.93. The minimum Gasteiger partial charge on any atom is -0.350 e. The molecule has 3 nitrogen and oxygen atoms in total. The van der Waals surface area contributed by atoms with Crippen LogP contribution in [0.4, 0.5) is 0 Å². The molecule has 2 heterocycles. The van der Waals surface area contributed by atoms with Crippen molar-refractivity contribution in [1.29, 1.82) is 0 Å². The van der Waals surface area contributed by atoms with Crippen molar-refractivity contribution in [3.8, 4) is 0 Å². The van der Waals surface area contributed by atoms with E-state index in [2.05, 4.69) is 30.5 Å². The highest BCUT2D eigenvalue weighted by atomic mass is 32.1. The molecule has 0 bridgehead atoms. The summed E-state index contributed by atoms with van der Waals surface area (Å²) in [6, 6.07) is 2.16. The van der Waals surface area contributed by atoms with Crippen LogP contribution in [0, 0.1) is 13.8 Å². The Hall–Kier alpha value is -0.870. The maximum Gasteiger partial charge on any atom is 0.240 e. The van der Waals surface area contributed by atoms with Crippen molar-refractivity contribution in [2.75, 3.05) is 6.54 Å². The number of amides is 1. The second kappa shape index (κ2) is 5.41. The van der Waals surface area contributed by atoms with Crippen molar-refractivity contribution in [2.45, 2.75) is 52.1 Å². The van der Waals surface area contributed by atoms with E-state index in [0.29, 0.717) is 6.54 Å². The number of aryl methyl sites for hydroxylation is 2. The number of nitrogens with one attached hydrogen (secondary N) is 2. The zero-order valence-corrected chi connectivity index (χ0v) is 12.2. The van der Waals surface area contributed by atoms with E-state index in [1.54, 1.807) is 11.3 Å². The third-order valence-corrected chi connectivity index (χ3v) is 4.91. The molecule has 2 N–H and O–H groups in total. The minimum absolute atomic E-state index is 0.130. The van der Waals surface area contributed by atoms with E-state index in [1.807, 2.05) is 6.92 Å². The van der Waals surface area contributed by atoms with Gasteiger partial charge in [-0.15, -0.1) is 11.3 Å². The quantitative estimate of drug-likeness (QED) is 0.882.